The molecule has 2 amide bonds. The summed E-state index contributed by atoms with van der Waals surface area (Å²) >= 11 is 3.36. The molecule has 7 nitrogen and oxygen atoms in total. The molecule has 0 radical (unpaired) electrons. The molecule has 1 aromatic carbocycles. The third-order valence-electron chi connectivity index (χ3n) is 5.11. The van der Waals surface area contributed by atoms with Gasteiger partial charge in [-0.25, -0.2) is 4.98 Å². The van der Waals surface area contributed by atoms with E-state index in [0.717, 1.165) is 10.8 Å². The van der Waals surface area contributed by atoms with Gasteiger partial charge in [0.1, 0.15) is 11.7 Å². The first-order valence-electron chi connectivity index (χ1n) is 9.17. The van der Waals surface area contributed by atoms with Gasteiger partial charge in [-0.15, -0.1) is 0 Å². The maximum Gasteiger partial charge on any atom is 0.424 e. The van der Waals surface area contributed by atoms with Gasteiger partial charge in [0.25, 0.3) is 0 Å². The van der Waals surface area contributed by atoms with Crippen molar-refractivity contribution in [3.63, 3.8) is 0 Å². The molecule has 0 aliphatic carbocycles. The van der Waals surface area contributed by atoms with Gasteiger partial charge in [-0.3, -0.25) is 9.59 Å². The van der Waals surface area contributed by atoms with Crippen molar-refractivity contribution in [2.75, 3.05) is 18.0 Å². The average molecular weight is 489 g/mol. The van der Waals surface area contributed by atoms with Crippen LogP contribution in [0.15, 0.2) is 41.1 Å². The number of carbonyl (C=O) groups is 2. The Morgan fingerprint density at radius 1 is 1.37 bits per heavy atom. The molecule has 1 aliphatic heterocycles. The fourth-order valence-electron chi connectivity index (χ4n) is 3.47. The minimum Gasteiger partial charge on any atom is -0.374 e. The third kappa shape index (κ3) is 4.08. The Morgan fingerprint density at radius 3 is 2.67 bits per heavy atom. The minimum atomic E-state index is -4.99. The SMILES string of the molecule is Cn1ccnc1C(O)(CCNC(=O)C1CCN(c2ccccc2Br)C1=O)C(F)(F)F. The number of para-hydroxylation sites is 1. The van der Waals surface area contributed by atoms with Crippen molar-refractivity contribution in [2.24, 2.45) is 13.0 Å². The monoisotopic (exact) mass is 488 g/mol. The number of imidazole rings is 1. The molecule has 3 rings (SSSR count). The molecular weight excluding hydrogens is 469 g/mol. The number of hydrogen-bond donors (Lipinski definition) is 2. The highest BCUT2D eigenvalue weighted by Crippen LogP contribution is 2.40. The second-order valence-electron chi connectivity index (χ2n) is 7.04. The van der Waals surface area contributed by atoms with Crippen LogP contribution in [-0.4, -0.2) is 45.7 Å². The first kappa shape index (κ1) is 22.3. The van der Waals surface area contributed by atoms with Crippen LogP contribution in [-0.2, 0) is 22.2 Å². The van der Waals surface area contributed by atoms with Gasteiger partial charge < -0.3 is 19.9 Å². The summed E-state index contributed by atoms with van der Waals surface area (Å²) in [5.41, 5.74) is -2.60. The van der Waals surface area contributed by atoms with E-state index in [4.69, 9.17) is 0 Å². The number of benzene rings is 1. The molecule has 2 N–H and O–H groups in total. The molecule has 1 aliphatic rings. The van der Waals surface area contributed by atoms with E-state index in [1.54, 1.807) is 24.3 Å². The summed E-state index contributed by atoms with van der Waals surface area (Å²) in [7, 11) is 1.34. The van der Waals surface area contributed by atoms with Crippen LogP contribution in [0.5, 0.6) is 0 Å². The van der Waals surface area contributed by atoms with Crippen molar-refractivity contribution in [1.29, 1.82) is 0 Å². The topological polar surface area (TPSA) is 87.5 Å². The Morgan fingerprint density at radius 2 is 2.07 bits per heavy atom. The van der Waals surface area contributed by atoms with Gasteiger partial charge >= 0.3 is 6.18 Å². The first-order chi connectivity index (χ1) is 14.1. The number of rotatable bonds is 6. The van der Waals surface area contributed by atoms with Gasteiger partial charge in [0.05, 0.1) is 5.69 Å². The standard InChI is InChI=1S/C19H20BrF3N4O3/c1-26-11-9-25-17(26)18(30,19(21,22)23)7-8-24-15(28)12-6-10-27(16(12)29)14-5-3-2-4-13(14)20/h2-5,9,11-12,30H,6-8,10H2,1H3,(H,24,28). The number of hydrogen-bond acceptors (Lipinski definition) is 4. The number of anilines is 1. The van der Waals surface area contributed by atoms with Gasteiger partial charge in [-0.05, 0) is 34.5 Å². The van der Waals surface area contributed by atoms with Crippen LogP contribution in [0.2, 0.25) is 0 Å². The van der Waals surface area contributed by atoms with Crippen molar-refractivity contribution in [3.05, 3.63) is 47.0 Å². The molecule has 0 saturated carbocycles. The van der Waals surface area contributed by atoms with Gasteiger partial charge in [-0.1, -0.05) is 12.1 Å². The van der Waals surface area contributed by atoms with Crippen molar-refractivity contribution >= 4 is 33.4 Å². The van der Waals surface area contributed by atoms with Crippen LogP contribution in [0.4, 0.5) is 18.9 Å². The summed E-state index contributed by atoms with van der Waals surface area (Å²) in [4.78, 5) is 30.2. The lowest BCUT2D eigenvalue weighted by Gasteiger charge is -2.30. The molecule has 1 fully saturated rings. The molecule has 2 aromatic rings. The molecule has 1 saturated heterocycles. The highest BCUT2D eigenvalue weighted by molar-refractivity contribution is 9.10. The molecular formula is C19H20BrF3N4O3. The summed E-state index contributed by atoms with van der Waals surface area (Å²) in [6.45, 7) is -0.153. The van der Waals surface area contributed by atoms with E-state index in [1.807, 2.05) is 0 Å². The fraction of sp³-hybridized carbons (Fsp3) is 0.421. The zero-order chi connectivity index (χ0) is 22.1. The number of aryl methyl sites for hydroxylation is 1. The van der Waals surface area contributed by atoms with Crippen LogP contribution in [0.25, 0.3) is 0 Å². The highest BCUT2D eigenvalue weighted by atomic mass is 79.9. The molecule has 11 heteroatoms. The normalized spacial score (nSPS) is 19.1. The molecule has 2 heterocycles. The number of nitrogens with zero attached hydrogens (tertiary/aromatic N) is 3. The molecule has 162 valence electrons. The van der Waals surface area contributed by atoms with Crippen molar-refractivity contribution in [3.8, 4) is 0 Å². The molecule has 0 spiro atoms. The van der Waals surface area contributed by atoms with E-state index >= 15 is 0 Å². The zero-order valence-electron chi connectivity index (χ0n) is 16.0. The van der Waals surface area contributed by atoms with E-state index < -0.39 is 48.3 Å². The number of alkyl halides is 3. The Kier molecular flexibility index (Phi) is 6.23. The second kappa shape index (κ2) is 8.38. The van der Waals surface area contributed by atoms with E-state index in [9.17, 15) is 27.9 Å². The lowest BCUT2D eigenvalue weighted by atomic mass is 9.97. The van der Waals surface area contributed by atoms with Crippen LogP contribution in [0.1, 0.15) is 18.7 Å². The summed E-state index contributed by atoms with van der Waals surface area (Å²) in [5, 5.41) is 12.7. The summed E-state index contributed by atoms with van der Waals surface area (Å²) in [6.07, 6.45) is -3.14. The Labute approximate surface area is 179 Å². The van der Waals surface area contributed by atoms with E-state index in [-0.39, 0.29) is 6.42 Å². The predicted molar refractivity (Wildman–Crippen MR) is 105 cm³/mol. The lowest BCUT2D eigenvalue weighted by Crippen LogP contribution is -2.47. The smallest absolute Gasteiger partial charge is 0.374 e. The molecule has 2 atom stereocenters. The number of aliphatic hydroxyl groups is 1. The maximum atomic E-state index is 13.5. The predicted octanol–water partition coefficient (Wildman–Crippen LogP) is 2.49. The van der Waals surface area contributed by atoms with Crippen molar-refractivity contribution < 1.29 is 27.9 Å². The molecule has 30 heavy (non-hydrogen) atoms. The second-order valence-corrected chi connectivity index (χ2v) is 7.90. The van der Waals surface area contributed by atoms with Crippen LogP contribution >= 0.6 is 15.9 Å². The van der Waals surface area contributed by atoms with Crippen LogP contribution in [0, 0.1) is 5.92 Å². The lowest BCUT2D eigenvalue weighted by molar-refractivity contribution is -0.272. The van der Waals surface area contributed by atoms with Gasteiger partial charge in [0.2, 0.25) is 17.4 Å². The van der Waals surface area contributed by atoms with Crippen molar-refractivity contribution in [2.45, 2.75) is 24.6 Å². The number of amides is 2. The number of aromatic nitrogens is 2. The van der Waals surface area contributed by atoms with E-state index in [0.29, 0.717) is 16.7 Å². The molecule has 0 bridgehead atoms. The minimum absolute atomic E-state index is 0.245. The summed E-state index contributed by atoms with van der Waals surface area (Å²) in [6, 6.07) is 7.06. The fourth-order valence-corrected chi connectivity index (χ4v) is 3.97. The van der Waals surface area contributed by atoms with Crippen LogP contribution in [0.3, 0.4) is 0 Å². The quantitative estimate of drug-likeness (QED) is 0.611. The largest absolute Gasteiger partial charge is 0.424 e. The van der Waals surface area contributed by atoms with E-state index in [1.165, 1.54) is 18.1 Å². The Bertz CT molecular complexity index is 949. The van der Waals surface area contributed by atoms with Gasteiger partial charge in [0, 0.05) is 43.4 Å². The van der Waals surface area contributed by atoms with Gasteiger partial charge in [-0.2, -0.15) is 13.2 Å². The number of nitrogens with one attached hydrogen (secondary N) is 1. The molecule has 2 unspecified atom stereocenters. The first-order valence-corrected chi connectivity index (χ1v) is 9.96. The van der Waals surface area contributed by atoms with Crippen molar-refractivity contribution in [1.82, 2.24) is 14.9 Å². The Hall–Kier alpha value is -2.40. The zero-order valence-corrected chi connectivity index (χ0v) is 17.6. The Balaban J connectivity index is 1.65. The maximum absolute atomic E-state index is 13.5. The van der Waals surface area contributed by atoms with E-state index in [2.05, 4.69) is 26.2 Å². The highest BCUT2D eigenvalue weighted by Gasteiger charge is 2.57. The summed E-state index contributed by atoms with van der Waals surface area (Å²) in [5.74, 6) is -2.65. The van der Waals surface area contributed by atoms with Crippen LogP contribution < -0.4 is 10.2 Å². The number of halogens is 4. The third-order valence-corrected chi connectivity index (χ3v) is 5.78. The summed E-state index contributed by atoms with van der Waals surface area (Å²) < 4.78 is 42.4. The average Bonchev–Trinajstić information content (AvgIpc) is 3.27. The van der Waals surface area contributed by atoms with Gasteiger partial charge in [0.15, 0.2) is 0 Å². The molecule has 1 aromatic heterocycles. The number of carbonyl (C=O) groups excluding carboxylic acids is 2.